The fraction of sp³-hybridized carbons (Fsp3) is 0.857. The SMILES string of the molecule is CC1CCC(O)(CN2C(=O)C(C)C(C)C2=O)CC1. The van der Waals surface area contributed by atoms with Crippen LogP contribution in [0.1, 0.15) is 46.5 Å². The van der Waals surface area contributed by atoms with Gasteiger partial charge in [0.05, 0.1) is 12.1 Å². The molecule has 1 saturated carbocycles. The molecule has 4 nitrogen and oxygen atoms in total. The van der Waals surface area contributed by atoms with E-state index < -0.39 is 5.60 Å². The Morgan fingerprint density at radius 1 is 1.11 bits per heavy atom. The van der Waals surface area contributed by atoms with Crippen LogP contribution < -0.4 is 0 Å². The van der Waals surface area contributed by atoms with Crippen LogP contribution >= 0.6 is 0 Å². The van der Waals surface area contributed by atoms with Crippen LogP contribution in [0.25, 0.3) is 0 Å². The van der Waals surface area contributed by atoms with E-state index >= 15 is 0 Å². The highest BCUT2D eigenvalue weighted by Gasteiger charge is 2.46. The van der Waals surface area contributed by atoms with E-state index in [9.17, 15) is 14.7 Å². The van der Waals surface area contributed by atoms with Gasteiger partial charge in [-0.15, -0.1) is 0 Å². The molecule has 1 saturated heterocycles. The molecule has 18 heavy (non-hydrogen) atoms. The quantitative estimate of drug-likeness (QED) is 0.760. The molecule has 102 valence electrons. The van der Waals surface area contributed by atoms with Crippen LogP contribution in [0, 0.1) is 17.8 Å². The zero-order valence-electron chi connectivity index (χ0n) is 11.5. The van der Waals surface area contributed by atoms with Gasteiger partial charge in [-0.25, -0.2) is 0 Å². The summed E-state index contributed by atoms with van der Waals surface area (Å²) in [5, 5.41) is 10.5. The second-order valence-corrected chi connectivity index (χ2v) is 6.25. The van der Waals surface area contributed by atoms with Gasteiger partial charge in [-0.2, -0.15) is 0 Å². The van der Waals surface area contributed by atoms with Gasteiger partial charge in [0.2, 0.25) is 11.8 Å². The predicted molar refractivity (Wildman–Crippen MR) is 67.6 cm³/mol. The van der Waals surface area contributed by atoms with Gasteiger partial charge < -0.3 is 5.11 Å². The first-order valence-electron chi connectivity index (χ1n) is 6.92. The molecule has 0 aromatic carbocycles. The minimum atomic E-state index is -0.860. The van der Waals surface area contributed by atoms with E-state index in [-0.39, 0.29) is 30.2 Å². The van der Waals surface area contributed by atoms with Crippen LogP contribution in [0.3, 0.4) is 0 Å². The first-order chi connectivity index (χ1) is 8.34. The number of rotatable bonds is 2. The van der Waals surface area contributed by atoms with Crippen LogP contribution in [0.15, 0.2) is 0 Å². The van der Waals surface area contributed by atoms with Gasteiger partial charge in [0.15, 0.2) is 0 Å². The molecule has 1 heterocycles. The fourth-order valence-corrected chi connectivity index (χ4v) is 2.94. The van der Waals surface area contributed by atoms with Crippen molar-refractivity contribution in [1.82, 2.24) is 4.90 Å². The van der Waals surface area contributed by atoms with Crippen LogP contribution in [0.2, 0.25) is 0 Å². The molecule has 1 aliphatic carbocycles. The van der Waals surface area contributed by atoms with E-state index in [0.717, 1.165) is 12.8 Å². The van der Waals surface area contributed by atoms with Crippen molar-refractivity contribution in [2.45, 2.75) is 52.1 Å². The van der Waals surface area contributed by atoms with Crippen molar-refractivity contribution >= 4 is 11.8 Å². The molecule has 2 fully saturated rings. The summed E-state index contributed by atoms with van der Waals surface area (Å²) in [6.45, 7) is 5.94. The number of imide groups is 1. The third kappa shape index (κ3) is 2.30. The first kappa shape index (κ1) is 13.5. The Balaban J connectivity index is 2.05. The van der Waals surface area contributed by atoms with E-state index in [2.05, 4.69) is 6.92 Å². The molecule has 0 spiro atoms. The number of hydrogen-bond donors (Lipinski definition) is 1. The minimum Gasteiger partial charge on any atom is -0.388 e. The maximum Gasteiger partial charge on any atom is 0.232 e. The van der Waals surface area contributed by atoms with Crippen LogP contribution in [-0.4, -0.2) is 34.0 Å². The molecule has 1 aliphatic heterocycles. The van der Waals surface area contributed by atoms with Gasteiger partial charge in [0.1, 0.15) is 0 Å². The van der Waals surface area contributed by atoms with Crippen molar-refractivity contribution in [2.75, 3.05) is 6.54 Å². The minimum absolute atomic E-state index is 0.125. The van der Waals surface area contributed by atoms with Crippen LogP contribution in [-0.2, 0) is 9.59 Å². The predicted octanol–water partition coefficient (Wildman–Crippen LogP) is 1.57. The first-order valence-corrected chi connectivity index (χ1v) is 6.92. The lowest BCUT2D eigenvalue weighted by molar-refractivity contribution is -0.145. The molecule has 1 N–H and O–H groups in total. The number of carbonyl (C=O) groups is 2. The lowest BCUT2D eigenvalue weighted by atomic mass is 9.79. The Morgan fingerprint density at radius 3 is 2.00 bits per heavy atom. The van der Waals surface area contributed by atoms with Gasteiger partial charge in [-0.1, -0.05) is 20.8 Å². The number of β-amino-alcohol motifs (C(OH)–C–C–N with tert-alkyl or cyclic N) is 1. The van der Waals surface area contributed by atoms with E-state index in [1.165, 1.54) is 4.90 Å². The standard InChI is InChI=1S/C14H23NO3/c1-9-4-6-14(18,7-5-9)8-15-12(16)10(2)11(3)13(15)17/h9-11,18H,4-8H2,1-3H3. The lowest BCUT2D eigenvalue weighted by Crippen LogP contribution is -2.47. The number of aliphatic hydroxyl groups is 1. The summed E-state index contributed by atoms with van der Waals surface area (Å²) >= 11 is 0. The molecule has 2 unspecified atom stereocenters. The summed E-state index contributed by atoms with van der Waals surface area (Å²) in [6.07, 6.45) is 3.32. The maximum absolute atomic E-state index is 12.0. The molecule has 4 heteroatoms. The maximum atomic E-state index is 12.0. The van der Waals surface area contributed by atoms with Gasteiger partial charge in [-0.05, 0) is 31.6 Å². The Kier molecular flexibility index (Phi) is 3.49. The smallest absolute Gasteiger partial charge is 0.232 e. The van der Waals surface area contributed by atoms with Crippen molar-refractivity contribution in [1.29, 1.82) is 0 Å². The molecule has 2 aliphatic rings. The normalized spacial score (nSPS) is 41.6. The van der Waals surface area contributed by atoms with Crippen LogP contribution in [0.4, 0.5) is 0 Å². The van der Waals surface area contributed by atoms with Gasteiger partial charge in [-0.3, -0.25) is 14.5 Å². The Bertz CT molecular complexity index is 338. The van der Waals surface area contributed by atoms with E-state index in [4.69, 9.17) is 0 Å². The average molecular weight is 253 g/mol. The molecule has 2 atom stereocenters. The van der Waals surface area contributed by atoms with E-state index in [1.807, 2.05) is 0 Å². The van der Waals surface area contributed by atoms with Gasteiger partial charge >= 0.3 is 0 Å². The zero-order chi connectivity index (χ0) is 13.5. The monoisotopic (exact) mass is 253 g/mol. The third-order valence-electron chi connectivity index (χ3n) is 4.72. The second kappa shape index (κ2) is 4.65. The number of hydrogen-bond acceptors (Lipinski definition) is 3. The molecule has 0 radical (unpaired) electrons. The molecule has 2 amide bonds. The number of likely N-dealkylation sites (tertiary alicyclic amines) is 1. The van der Waals surface area contributed by atoms with Crippen LogP contribution in [0.5, 0.6) is 0 Å². The van der Waals surface area contributed by atoms with Crippen molar-refractivity contribution in [3.8, 4) is 0 Å². The second-order valence-electron chi connectivity index (χ2n) is 6.25. The van der Waals surface area contributed by atoms with Gasteiger partial charge in [0.25, 0.3) is 0 Å². The summed E-state index contributed by atoms with van der Waals surface area (Å²) < 4.78 is 0. The molecular formula is C14H23NO3. The lowest BCUT2D eigenvalue weighted by Gasteiger charge is -2.37. The molecule has 0 aromatic rings. The summed E-state index contributed by atoms with van der Waals surface area (Å²) in [6, 6.07) is 0. The van der Waals surface area contributed by atoms with E-state index in [1.54, 1.807) is 13.8 Å². The highest BCUT2D eigenvalue weighted by Crippen LogP contribution is 2.35. The third-order valence-corrected chi connectivity index (χ3v) is 4.72. The number of carbonyl (C=O) groups excluding carboxylic acids is 2. The summed E-state index contributed by atoms with van der Waals surface area (Å²) in [5.41, 5.74) is -0.860. The summed E-state index contributed by atoms with van der Waals surface area (Å²) in [4.78, 5) is 25.3. The number of nitrogens with zero attached hydrogens (tertiary/aromatic N) is 1. The highest BCUT2D eigenvalue weighted by atomic mass is 16.3. The largest absolute Gasteiger partial charge is 0.388 e. The summed E-state index contributed by atoms with van der Waals surface area (Å²) in [7, 11) is 0. The molecular weight excluding hydrogens is 230 g/mol. The molecule has 0 aromatic heterocycles. The zero-order valence-corrected chi connectivity index (χ0v) is 11.5. The van der Waals surface area contributed by atoms with Crippen molar-refractivity contribution in [3.63, 3.8) is 0 Å². The van der Waals surface area contributed by atoms with Crippen molar-refractivity contribution in [3.05, 3.63) is 0 Å². The Morgan fingerprint density at radius 2 is 1.56 bits per heavy atom. The Labute approximate surface area is 108 Å². The Hall–Kier alpha value is -0.900. The molecule has 0 bridgehead atoms. The molecule has 2 rings (SSSR count). The highest BCUT2D eigenvalue weighted by molar-refractivity contribution is 6.04. The fourth-order valence-electron chi connectivity index (χ4n) is 2.94. The summed E-state index contributed by atoms with van der Waals surface area (Å²) in [5.74, 6) is -0.112. The van der Waals surface area contributed by atoms with Crippen molar-refractivity contribution < 1.29 is 14.7 Å². The van der Waals surface area contributed by atoms with Crippen molar-refractivity contribution in [2.24, 2.45) is 17.8 Å². The topological polar surface area (TPSA) is 57.6 Å². The van der Waals surface area contributed by atoms with E-state index in [0.29, 0.717) is 18.8 Å². The number of amides is 2. The average Bonchev–Trinajstić information content (AvgIpc) is 2.51. The van der Waals surface area contributed by atoms with Gasteiger partial charge in [0, 0.05) is 11.8 Å².